The van der Waals surface area contributed by atoms with Gasteiger partial charge in [0.2, 0.25) is 0 Å². The molecular formula is C19H18F3NO. The Morgan fingerprint density at radius 3 is 2.25 bits per heavy atom. The number of aliphatic imine (C=N–C) groups is 1. The van der Waals surface area contributed by atoms with Crippen molar-refractivity contribution in [2.24, 2.45) is 4.99 Å². The molecule has 0 aromatic heterocycles. The first-order chi connectivity index (χ1) is 11.3. The molecule has 5 heteroatoms. The molecule has 0 saturated heterocycles. The summed E-state index contributed by atoms with van der Waals surface area (Å²) in [5.74, 6) is -0.597. The van der Waals surface area contributed by atoms with Gasteiger partial charge >= 0.3 is 6.18 Å². The zero-order valence-corrected chi connectivity index (χ0v) is 13.5. The molecule has 2 rings (SSSR count). The number of hydrogen-bond acceptors (Lipinski definition) is 2. The monoisotopic (exact) mass is 333 g/mol. The topological polar surface area (TPSA) is 29.4 Å². The van der Waals surface area contributed by atoms with Crippen molar-refractivity contribution >= 4 is 17.2 Å². The molecule has 126 valence electrons. The van der Waals surface area contributed by atoms with E-state index in [1.165, 1.54) is 18.2 Å². The number of para-hydroxylation sites is 1. The number of aryl methyl sites for hydroxylation is 2. The summed E-state index contributed by atoms with van der Waals surface area (Å²) in [4.78, 5) is 15.9. The third-order valence-electron chi connectivity index (χ3n) is 3.66. The average Bonchev–Trinajstić information content (AvgIpc) is 2.54. The highest BCUT2D eigenvalue weighted by Crippen LogP contribution is 2.27. The minimum atomic E-state index is -4.65. The molecule has 0 N–H and O–H groups in total. The van der Waals surface area contributed by atoms with E-state index in [0.29, 0.717) is 12.0 Å². The SMILES string of the molecule is CCc1ccccc1N=C(CC(=O)c1ccc(C)cc1)C(F)(F)F. The van der Waals surface area contributed by atoms with E-state index in [-0.39, 0.29) is 11.3 Å². The molecule has 0 aliphatic carbocycles. The first-order valence-electron chi connectivity index (χ1n) is 7.63. The molecule has 0 fully saturated rings. The van der Waals surface area contributed by atoms with Gasteiger partial charge in [0.25, 0.3) is 0 Å². The molecule has 2 aromatic rings. The number of benzene rings is 2. The number of carbonyl (C=O) groups excluding carboxylic acids is 1. The van der Waals surface area contributed by atoms with E-state index in [4.69, 9.17) is 0 Å². The molecule has 0 saturated carbocycles. The van der Waals surface area contributed by atoms with Crippen LogP contribution in [0.4, 0.5) is 18.9 Å². The minimum absolute atomic E-state index is 0.251. The van der Waals surface area contributed by atoms with Gasteiger partial charge < -0.3 is 0 Å². The van der Waals surface area contributed by atoms with Gasteiger partial charge in [0.05, 0.1) is 12.1 Å². The fourth-order valence-corrected chi connectivity index (χ4v) is 2.26. The van der Waals surface area contributed by atoms with Crippen LogP contribution < -0.4 is 0 Å². The standard InChI is InChI=1S/C19H18F3NO/c1-3-14-6-4-5-7-16(14)23-18(19(20,21)22)12-17(24)15-10-8-13(2)9-11-15/h4-11H,3,12H2,1-2H3. The normalized spacial score (nSPS) is 12.3. The smallest absolute Gasteiger partial charge is 0.294 e. The summed E-state index contributed by atoms with van der Waals surface area (Å²) < 4.78 is 39.9. The number of carbonyl (C=O) groups is 1. The number of halogens is 3. The third-order valence-corrected chi connectivity index (χ3v) is 3.66. The maximum Gasteiger partial charge on any atom is 0.429 e. The minimum Gasteiger partial charge on any atom is -0.294 e. The molecule has 0 amide bonds. The number of hydrogen-bond donors (Lipinski definition) is 0. The van der Waals surface area contributed by atoms with Crippen LogP contribution in [0, 0.1) is 6.92 Å². The van der Waals surface area contributed by atoms with Crippen molar-refractivity contribution in [3.05, 3.63) is 65.2 Å². The second-order valence-corrected chi connectivity index (χ2v) is 5.50. The summed E-state index contributed by atoms with van der Waals surface area (Å²) in [7, 11) is 0. The first-order valence-corrected chi connectivity index (χ1v) is 7.63. The summed E-state index contributed by atoms with van der Waals surface area (Å²) >= 11 is 0. The van der Waals surface area contributed by atoms with Gasteiger partial charge in [0.1, 0.15) is 5.71 Å². The molecule has 0 spiro atoms. The van der Waals surface area contributed by atoms with Gasteiger partial charge in [-0.25, -0.2) is 4.99 Å². The average molecular weight is 333 g/mol. The summed E-state index contributed by atoms with van der Waals surface area (Å²) in [6.07, 6.45) is -4.86. The Morgan fingerprint density at radius 1 is 1.04 bits per heavy atom. The Kier molecular flexibility index (Phi) is 5.54. The van der Waals surface area contributed by atoms with Crippen molar-refractivity contribution in [1.82, 2.24) is 0 Å². The fourth-order valence-electron chi connectivity index (χ4n) is 2.26. The molecule has 0 heterocycles. The lowest BCUT2D eigenvalue weighted by Crippen LogP contribution is -2.25. The van der Waals surface area contributed by atoms with E-state index >= 15 is 0 Å². The number of Topliss-reactive ketones (excluding diaryl/α,β-unsaturated/α-hetero) is 1. The Hall–Kier alpha value is -2.43. The van der Waals surface area contributed by atoms with Crippen LogP contribution in [-0.4, -0.2) is 17.7 Å². The van der Waals surface area contributed by atoms with Gasteiger partial charge in [0.15, 0.2) is 5.78 Å². The predicted molar refractivity (Wildman–Crippen MR) is 89.1 cm³/mol. The maximum absolute atomic E-state index is 13.3. The Balaban J connectivity index is 2.34. The van der Waals surface area contributed by atoms with E-state index in [9.17, 15) is 18.0 Å². The van der Waals surface area contributed by atoms with E-state index in [1.54, 1.807) is 30.3 Å². The lowest BCUT2D eigenvalue weighted by molar-refractivity contribution is -0.0601. The van der Waals surface area contributed by atoms with Crippen LogP contribution in [-0.2, 0) is 6.42 Å². The van der Waals surface area contributed by atoms with Crippen LogP contribution in [0.1, 0.15) is 34.8 Å². The maximum atomic E-state index is 13.3. The van der Waals surface area contributed by atoms with Crippen LogP contribution >= 0.6 is 0 Å². The van der Waals surface area contributed by atoms with Crippen molar-refractivity contribution in [2.75, 3.05) is 0 Å². The molecule has 24 heavy (non-hydrogen) atoms. The summed E-state index contributed by atoms with van der Waals surface area (Å²) in [5, 5.41) is 0. The van der Waals surface area contributed by atoms with E-state index in [1.807, 2.05) is 13.8 Å². The molecule has 0 unspecified atom stereocenters. The predicted octanol–water partition coefficient (Wildman–Crippen LogP) is 5.47. The van der Waals surface area contributed by atoms with Gasteiger partial charge in [-0.1, -0.05) is 55.0 Å². The van der Waals surface area contributed by atoms with Gasteiger partial charge in [-0.3, -0.25) is 4.79 Å². The van der Waals surface area contributed by atoms with Crippen molar-refractivity contribution in [1.29, 1.82) is 0 Å². The Bertz CT molecular complexity index is 746. The highest BCUT2D eigenvalue weighted by molar-refractivity contribution is 6.12. The zero-order valence-electron chi connectivity index (χ0n) is 13.5. The quantitative estimate of drug-likeness (QED) is 0.527. The second-order valence-electron chi connectivity index (χ2n) is 5.50. The molecule has 0 atom stereocenters. The van der Waals surface area contributed by atoms with Gasteiger partial charge in [-0.15, -0.1) is 0 Å². The molecule has 0 bridgehead atoms. The van der Waals surface area contributed by atoms with Gasteiger partial charge in [0, 0.05) is 5.56 Å². The van der Waals surface area contributed by atoms with Crippen molar-refractivity contribution < 1.29 is 18.0 Å². The molecule has 0 aliphatic heterocycles. The van der Waals surface area contributed by atoms with E-state index in [0.717, 1.165) is 5.56 Å². The second kappa shape index (κ2) is 7.43. The molecule has 0 radical (unpaired) electrons. The Morgan fingerprint density at radius 2 is 1.67 bits per heavy atom. The van der Waals surface area contributed by atoms with E-state index in [2.05, 4.69) is 4.99 Å². The summed E-state index contributed by atoms with van der Waals surface area (Å²) in [6, 6.07) is 13.1. The number of alkyl halides is 3. The van der Waals surface area contributed by atoms with Crippen LogP contribution in [0.3, 0.4) is 0 Å². The lowest BCUT2D eigenvalue weighted by Gasteiger charge is -2.12. The van der Waals surface area contributed by atoms with Crippen LogP contribution in [0.15, 0.2) is 53.5 Å². The molecular weight excluding hydrogens is 315 g/mol. The number of nitrogens with zero attached hydrogens (tertiary/aromatic N) is 1. The van der Waals surface area contributed by atoms with Crippen molar-refractivity contribution in [3.63, 3.8) is 0 Å². The van der Waals surface area contributed by atoms with Crippen molar-refractivity contribution in [2.45, 2.75) is 32.9 Å². The van der Waals surface area contributed by atoms with Crippen molar-refractivity contribution in [3.8, 4) is 0 Å². The first kappa shape index (κ1) is 17.9. The molecule has 2 nitrogen and oxygen atoms in total. The number of rotatable bonds is 5. The summed E-state index contributed by atoms with van der Waals surface area (Å²) in [5.41, 5.74) is 1.08. The summed E-state index contributed by atoms with van der Waals surface area (Å²) in [6.45, 7) is 3.69. The number of ketones is 1. The highest BCUT2D eigenvalue weighted by atomic mass is 19.4. The van der Waals surface area contributed by atoms with Gasteiger partial charge in [-0.2, -0.15) is 13.2 Å². The van der Waals surface area contributed by atoms with Crippen LogP contribution in [0.5, 0.6) is 0 Å². The zero-order chi connectivity index (χ0) is 17.7. The molecule has 0 aliphatic rings. The van der Waals surface area contributed by atoms with Crippen LogP contribution in [0.2, 0.25) is 0 Å². The lowest BCUT2D eigenvalue weighted by atomic mass is 10.0. The molecule has 2 aromatic carbocycles. The fraction of sp³-hybridized carbons (Fsp3) is 0.263. The largest absolute Gasteiger partial charge is 0.429 e. The Labute approximate surface area is 139 Å². The van der Waals surface area contributed by atoms with E-state index < -0.39 is 24.1 Å². The van der Waals surface area contributed by atoms with Crippen LogP contribution in [0.25, 0.3) is 0 Å². The highest BCUT2D eigenvalue weighted by Gasteiger charge is 2.37. The van der Waals surface area contributed by atoms with Gasteiger partial charge in [-0.05, 0) is 25.0 Å². The third kappa shape index (κ3) is 4.54.